The number of rotatable bonds is 5. The molecule has 1 aliphatic carbocycles. The molecular weight excluding hydrogens is 268 g/mol. The maximum absolute atomic E-state index is 5.78. The van der Waals surface area contributed by atoms with E-state index >= 15 is 0 Å². The summed E-state index contributed by atoms with van der Waals surface area (Å²) in [5.41, 5.74) is 5.78. The Balaban J connectivity index is 1.85. The monoisotopic (exact) mass is 286 g/mol. The van der Waals surface area contributed by atoms with Gasteiger partial charge < -0.3 is 15.5 Å². The zero-order valence-electron chi connectivity index (χ0n) is 9.42. The van der Waals surface area contributed by atoms with E-state index in [9.17, 15) is 0 Å². The minimum Gasteiger partial charge on any atom is -0.454 e. The van der Waals surface area contributed by atoms with E-state index < -0.39 is 0 Å². The SMILES string of the molecule is NCC(CNC1CCCC1)c1ccc(Br)o1. The normalized spacial score (nSPS) is 19.1. The molecule has 3 nitrogen and oxygen atoms in total. The molecule has 0 spiro atoms. The number of nitrogens with two attached hydrogens (primary N) is 1. The van der Waals surface area contributed by atoms with Crippen molar-refractivity contribution in [2.45, 2.75) is 37.6 Å². The van der Waals surface area contributed by atoms with E-state index in [0.717, 1.165) is 17.0 Å². The van der Waals surface area contributed by atoms with Crippen LogP contribution in [0.5, 0.6) is 0 Å². The van der Waals surface area contributed by atoms with E-state index in [1.54, 1.807) is 0 Å². The highest BCUT2D eigenvalue weighted by molar-refractivity contribution is 9.10. The lowest BCUT2D eigenvalue weighted by molar-refractivity contribution is 0.414. The molecule has 4 heteroatoms. The number of furan rings is 1. The van der Waals surface area contributed by atoms with Gasteiger partial charge in [0, 0.05) is 25.0 Å². The molecule has 0 saturated heterocycles. The largest absolute Gasteiger partial charge is 0.454 e. The summed E-state index contributed by atoms with van der Waals surface area (Å²) in [6.45, 7) is 1.54. The van der Waals surface area contributed by atoms with Crippen LogP contribution in [0.15, 0.2) is 21.2 Å². The van der Waals surface area contributed by atoms with Crippen molar-refractivity contribution in [2.75, 3.05) is 13.1 Å². The lowest BCUT2D eigenvalue weighted by Crippen LogP contribution is -2.33. The highest BCUT2D eigenvalue weighted by atomic mass is 79.9. The Bertz CT molecular complexity index is 321. The molecule has 1 fully saturated rings. The molecule has 1 aromatic rings. The van der Waals surface area contributed by atoms with Crippen molar-refractivity contribution in [3.05, 3.63) is 22.6 Å². The van der Waals surface area contributed by atoms with Crippen LogP contribution in [-0.2, 0) is 0 Å². The van der Waals surface area contributed by atoms with Gasteiger partial charge in [-0.2, -0.15) is 0 Å². The predicted octanol–water partition coefficient (Wildman–Crippen LogP) is 2.62. The lowest BCUT2D eigenvalue weighted by Gasteiger charge is -2.17. The molecule has 1 aliphatic rings. The van der Waals surface area contributed by atoms with Crippen LogP contribution >= 0.6 is 15.9 Å². The van der Waals surface area contributed by atoms with Gasteiger partial charge in [0.15, 0.2) is 4.67 Å². The summed E-state index contributed by atoms with van der Waals surface area (Å²) in [4.78, 5) is 0. The summed E-state index contributed by atoms with van der Waals surface area (Å²) in [7, 11) is 0. The van der Waals surface area contributed by atoms with E-state index in [1.165, 1.54) is 25.7 Å². The molecule has 1 atom stereocenters. The van der Waals surface area contributed by atoms with Crippen LogP contribution in [0, 0.1) is 0 Å². The molecule has 0 radical (unpaired) electrons. The van der Waals surface area contributed by atoms with Gasteiger partial charge in [0.1, 0.15) is 5.76 Å². The first-order valence-electron chi connectivity index (χ1n) is 5.98. The van der Waals surface area contributed by atoms with Crippen LogP contribution in [0.1, 0.15) is 37.4 Å². The minimum absolute atomic E-state index is 0.284. The van der Waals surface area contributed by atoms with Crippen molar-refractivity contribution >= 4 is 15.9 Å². The van der Waals surface area contributed by atoms with Gasteiger partial charge in [0.2, 0.25) is 0 Å². The minimum atomic E-state index is 0.284. The fourth-order valence-corrected chi connectivity index (χ4v) is 2.61. The highest BCUT2D eigenvalue weighted by Crippen LogP contribution is 2.22. The molecule has 0 aromatic carbocycles. The molecule has 2 rings (SSSR count). The number of hydrogen-bond acceptors (Lipinski definition) is 3. The van der Waals surface area contributed by atoms with Gasteiger partial charge in [-0.25, -0.2) is 0 Å². The Morgan fingerprint density at radius 1 is 1.44 bits per heavy atom. The summed E-state index contributed by atoms with van der Waals surface area (Å²) in [6.07, 6.45) is 5.33. The second kappa shape index (κ2) is 5.84. The number of nitrogens with one attached hydrogen (secondary N) is 1. The summed E-state index contributed by atoms with van der Waals surface area (Å²) < 4.78 is 6.33. The zero-order valence-corrected chi connectivity index (χ0v) is 11.0. The van der Waals surface area contributed by atoms with Crippen LogP contribution in [-0.4, -0.2) is 19.1 Å². The third kappa shape index (κ3) is 3.09. The van der Waals surface area contributed by atoms with Crippen molar-refractivity contribution in [3.63, 3.8) is 0 Å². The zero-order chi connectivity index (χ0) is 11.4. The van der Waals surface area contributed by atoms with Crippen molar-refractivity contribution in [3.8, 4) is 0 Å². The standard InChI is InChI=1S/C12H19BrN2O/c13-12-6-5-11(16-12)9(7-14)8-15-10-3-1-2-4-10/h5-6,9-10,15H,1-4,7-8,14H2. The van der Waals surface area contributed by atoms with Gasteiger partial charge >= 0.3 is 0 Å². The Morgan fingerprint density at radius 2 is 2.19 bits per heavy atom. The maximum atomic E-state index is 5.78. The van der Waals surface area contributed by atoms with Gasteiger partial charge in [-0.15, -0.1) is 0 Å². The van der Waals surface area contributed by atoms with E-state index in [4.69, 9.17) is 10.2 Å². The Labute approximate surface area is 105 Å². The third-order valence-corrected chi connectivity index (χ3v) is 3.72. The first-order chi connectivity index (χ1) is 7.79. The highest BCUT2D eigenvalue weighted by Gasteiger charge is 2.18. The van der Waals surface area contributed by atoms with E-state index in [1.807, 2.05) is 12.1 Å². The van der Waals surface area contributed by atoms with Crippen molar-refractivity contribution < 1.29 is 4.42 Å². The smallest absolute Gasteiger partial charge is 0.169 e. The molecule has 1 saturated carbocycles. The van der Waals surface area contributed by atoms with Crippen molar-refractivity contribution in [1.82, 2.24) is 5.32 Å². The maximum Gasteiger partial charge on any atom is 0.169 e. The second-order valence-electron chi connectivity index (χ2n) is 4.46. The Kier molecular flexibility index (Phi) is 4.44. The molecule has 1 heterocycles. The van der Waals surface area contributed by atoms with Crippen molar-refractivity contribution in [2.24, 2.45) is 5.73 Å². The van der Waals surface area contributed by atoms with Crippen LogP contribution in [0.4, 0.5) is 0 Å². The molecule has 1 unspecified atom stereocenters. The summed E-state index contributed by atoms with van der Waals surface area (Å²) in [5, 5.41) is 3.59. The molecule has 90 valence electrons. The fourth-order valence-electron chi connectivity index (χ4n) is 2.29. The topological polar surface area (TPSA) is 51.2 Å². The van der Waals surface area contributed by atoms with Crippen LogP contribution in [0.2, 0.25) is 0 Å². The van der Waals surface area contributed by atoms with Crippen molar-refractivity contribution in [1.29, 1.82) is 0 Å². The molecule has 0 aliphatic heterocycles. The van der Waals surface area contributed by atoms with Crippen LogP contribution < -0.4 is 11.1 Å². The molecule has 0 bridgehead atoms. The lowest BCUT2D eigenvalue weighted by atomic mass is 10.1. The molecule has 16 heavy (non-hydrogen) atoms. The predicted molar refractivity (Wildman–Crippen MR) is 68.5 cm³/mol. The Morgan fingerprint density at radius 3 is 2.75 bits per heavy atom. The Hall–Kier alpha value is -0.320. The first-order valence-corrected chi connectivity index (χ1v) is 6.77. The van der Waals surface area contributed by atoms with Gasteiger partial charge in [-0.3, -0.25) is 0 Å². The average Bonchev–Trinajstić information content (AvgIpc) is 2.91. The quantitative estimate of drug-likeness (QED) is 0.875. The van der Waals surface area contributed by atoms with Crippen LogP contribution in [0.3, 0.4) is 0 Å². The van der Waals surface area contributed by atoms with E-state index in [-0.39, 0.29) is 5.92 Å². The fraction of sp³-hybridized carbons (Fsp3) is 0.667. The van der Waals surface area contributed by atoms with Gasteiger partial charge in [0.25, 0.3) is 0 Å². The van der Waals surface area contributed by atoms with Gasteiger partial charge in [-0.05, 0) is 40.9 Å². The van der Waals surface area contributed by atoms with Gasteiger partial charge in [-0.1, -0.05) is 12.8 Å². The molecular formula is C12H19BrN2O. The summed E-state index contributed by atoms with van der Waals surface area (Å²) in [5.74, 6) is 1.26. The summed E-state index contributed by atoms with van der Waals surface area (Å²) in [6, 6.07) is 4.61. The first kappa shape index (κ1) is 12.1. The molecule has 3 N–H and O–H groups in total. The van der Waals surface area contributed by atoms with E-state index in [2.05, 4.69) is 21.2 Å². The average molecular weight is 287 g/mol. The van der Waals surface area contributed by atoms with E-state index in [0.29, 0.717) is 12.6 Å². The molecule has 0 amide bonds. The second-order valence-corrected chi connectivity index (χ2v) is 5.25. The molecule has 1 aromatic heterocycles. The number of hydrogen-bond donors (Lipinski definition) is 2. The van der Waals surface area contributed by atoms with Gasteiger partial charge in [0.05, 0.1) is 0 Å². The van der Waals surface area contributed by atoms with Crippen LogP contribution in [0.25, 0.3) is 0 Å². The summed E-state index contributed by atoms with van der Waals surface area (Å²) >= 11 is 3.32. The number of halogens is 1. The third-order valence-electron chi connectivity index (χ3n) is 3.29.